The zero-order valence-corrected chi connectivity index (χ0v) is 10.7. The van der Waals surface area contributed by atoms with Crippen molar-refractivity contribution in [2.75, 3.05) is 0 Å². The van der Waals surface area contributed by atoms with Gasteiger partial charge in [-0.2, -0.15) is 0 Å². The van der Waals surface area contributed by atoms with Gasteiger partial charge in [0.15, 0.2) is 0 Å². The predicted molar refractivity (Wildman–Crippen MR) is 71.3 cm³/mol. The van der Waals surface area contributed by atoms with Crippen molar-refractivity contribution in [3.8, 4) is 0 Å². The predicted octanol–water partition coefficient (Wildman–Crippen LogP) is 3.35. The van der Waals surface area contributed by atoms with Gasteiger partial charge in [0.1, 0.15) is 0 Å². The highest BCUT2D eigenvalue weighted by Gasteiger charge is 2.38. The van der Waals surface area contributed by atoms with Crippen LogP contribution in [0.2, 0.25) is 0 Å². The Kier molecular flexibility index (Phi) is 2.95. The Morgan fingerprint density at radius 1 is 1.35 bits per heavy atom. The molecular weight excluding hydrogens is 228 g/mol. The smallest absolute Gasteiger partial charge is 0.0795 e. The molecule has 1 aromatic heterocycles. The SMILES string of the molecule is CC(NC1CC1c1ccccc1)c1cscn1. The molecule has 3 atom stereocenters. The maximum Gasteiger partial charge on any atom is 0.0795 e. The van der Waals surface area contributed by atoms with Gasteiger partial charge < -0.3 is 5.32 Å². The summed E-state index contributed by atoms with van der Waals surface area (Å²) in [4.78, 5) is 4.35. The molecule has 88 valence electrons. The first-order valence-electron chi connectivity index (χ1n) is 6.03. The average Bonchev–Trinajstić information content (AvgIpc) is 2.92. The summed E-state index contributed by atoms with van der Waals surface area (Å²) in [5.41, 5.74) is 4.51. The van der Waals surface area contributed by atoms with Crippen LogP contribution in [0.15, 0.2) is 41.2 Å². The fraction of sp³-hybridized carbons (Fsp3) is 0.357. The van der Waals surface area contributed by atoms with Crippen molar-refractivity contribution in [2.24, 2.45) is 0 Å². The van der Waals surface area contributed by atoms with Gasteiger partial charge in [0.25, 0.3) is 0 Å². The topological polar surface area (TPSA) is 24.9 Å². The number of hydrogen-bond acceptors (Lipinski definition) is 3. The van der Waals surface area contributed by atoms with E-state index in [0.717, 1.165) is 5.69 Å². The van der Waals surface area contributed by atoms with Gasteiger partial charge in [-0.25, -0.2) is 4.98 Å². The van der Waals surface area contributed by atoms with Gasteiger partial charge in [0.05, 0.1) is 11.2 Å². The van der Waals surface area contributed by atoms with Gasteiger partial charge in [0.2, 0.25) is 0 Å². The minimum absolute atomic E-state index is 0.361. The van der Waals surface area contributed by atoms with Crippen LogP contribution in [0.4, 0.5) is 0 Å². The van der Waals surface area contributed by atoms with Crippen molar-refractivity contribution in [1.29, 1.82) is 0 Å². The molecule has 3 heteroatoms. The van der Waals surface area contributed by atoms with E-state index in [9.17, 15) is 0 Å². The van der Waals surface area contributed by atoms with Crippen molar-refractivity contribution in [3.63, 3.8) is 0 Å². The molecule has 0 aliphatic heterocycles. The highest BCUT2D eigenvalue weighted by atomic mass is 32.1. The van der Waals surface area contributed by atoms with E-state index in [4.69, 9.17) is 0 Å². The van der Waals surface area contributed by atoms with Crippen LogP contribution in [0.3, 0.4) is 0 Å². The van der Waals surface area contributed by atoms with Crippen LogP contribution in [0.1, 0.15) is 36.6 Å². The molecular formula is C14H16N2S. The number of thiazole rings is 1. The van der Waals surface area contributed by atoms with Crippen molar-refractivity contribution in [3.05, 3.63) is 52.5 Å². The maximum atomic E-state index is 4.35. The minimum Gasteiger partial charge on any atom is -0.305 e. The van der Waals surface area contributed by atoms with Gasteiger partial charge in [-0.15, -0.1) is 11.3 Å². The van der Waals surface area contributed by atoms with Crippen LogP contribution in [0.25, 0.3) is 0 Å². The molecule has 0 radical (unpaired) electrons. The lowest BCUT2D eigenvalue weighted by Gasteiger charge is -2.11. The van der Waals surface area contributed by atoms with Gasteiger partial charge >= 0.3 is 0 Å². The van der Waals surface area contributed by atoms with E-state index in [2.05, 4.69) is 52.9 Å². The lowest BCUT2D eigenvalue weighted by Crippen LogP contribution is -2.22. The lowest BCUT2D eigenvalue weighted by atomic mass is 10.1. The van der Waals surface area contributed by atoms with Crippen LogP contribution in [0.5, 0.6) is 0 Å². The summed E-state index contributed by atoms with van der Waals surface area (Å²) < 4.78 is 0. The average molecular weight is 244 g/mol. The summed E-state index contributed by atoms with van der Waals surface area (Å²) in [6.07, 6.45) is 1.25. The van der Waals surface area contributed by atoms with Crippen LogP contribution in [-0.4, -0.2) is 11.0 Å². The molecule has 1 N–H and O–H groups in total. The minimum atomic E-state index is 0.361. The fourth-order valence-electron chi connectivity index (χ4n) is 2.29. The Bertz CT molecular complexity index is 466. The summed E-state index contributed by atoms with van der Waals surface area (Å²) in [7, 11) is 0. The molecule has 1 saturated carbocycles. The summed E-state index contributed by atoms with van der Waals surface area (Å²) in [6.45, 7) is 2.19. The molecule has 0 saturated heterocycles. The first-order valence-corrected chi connectivity index (χ1v) is 6.98. The van der Waals surface area contributed by atoms with Crippen LogP contribution in [0, 0.1) is 0 Å². The first kappa shape index (κ1) is 10.9. The Labute approximate surface area is 106 Å². The van der Waals surface area contributed by atoms with Crippen molar-refractivity contribution < 1.29 is 0 Å². The standard InChI is InChI=1S/C14H16N2S/c1-10(14-8-17-9-15-14)16-13-7-12(13)11-5-3-2-4-6-11/h2-6,8-10,12-13,16H,7H2,1H3. The quantitative estimate of drug-likeness (QED) is 0.892. The second-order valence-corrected chi connectivity index (χ2v) is 5.38. The molecule has 0 bridgehead atoms. The molecule has 0 spiro atoms. The number of nitrogens with zero attached hydrogens (tertiary/aromatic N) is 1. The molecule has 3 rings (SSSR count). The molecule has 1 aliphatic rings. The number of hydrogen-bond donors (Lipinski definition) is 1. The summed E-state index contributed by atoms with van der Waals surface area (Å²) in [6, 6.07) is 11.7. The third-order valence-electron chi connectivity index (χ3n) is 3.38. The summed E-state index contributed by atoms with van der Waals surface area (Å²) >= 11 is 1.66. The molecule has 3 unspecified atom stereocenters. The highest BCUT2D eigenvalue weighted by Crippen LogP contribution is 2.41. The van der Waals surface area contributed by atoms with E-state index in [1.165, 1.54) is 12.0 Å². The van der Waals surface area contributed by atoms with E-state index < -0.39 is 0 Å². The Balaban J connectivity index is 1.59. The summed E-state index contributed by atoms with van der Waals surface area (Å²) in [5.74, 6) is 0.692. The Morgan fingerprint density at radius 3 is 2.88 bits per heavy atom. The van der Waals surface area contributed by atoms with E-state index in [0.29, 0.717) is 18.0 Å². The van der Waals surface area contributed by atoms with Crippen LogP contribution < -0.4 is 5.32 Å². The van der Waals surface area contributed by atoms with Gasteiger partial charge in [-0.3, -0.25) is 0 Å². The van der Waals surface area contributed by atoms with E-state index in [1.807, 2.05) is 5.51 Å². The van der Waals surface area contributed by atoms with Gasteiger partial charge in [0, 0.05) is 23.4 Å². The maximum absolute atomic E-state index is 4.35. The Morgan fingerprint density at radius 2 is 2.18 bits per heavy atom. The van der Waals surface area contributed by atoms with E-state index >= 15 is 0 Å². The molecule has 17 heavy (non-hydrogen) atoms. The number of aromatic nitrogens is 1. The van der Waals surface area contributed by atoms with Gasteiger partial charge in [-0.1, -0.05) is 30.3 Å². The lowest BCUT2D eigenvalue weighted by molar-refractivity contribution is 0.553. The van der Waals surface area contributed by atoms with E-state index in [-0.39, 0.29) is 0 Å². The molecule has 1 aliphatic carbocycles. The second-order valence-electron chi connectivity index (χ2n) is 4.66. The first-order chi connectivity index (χ1) is 8.34. The number of rotatable bonds is 4. The Hall–Kier alpha value is -1.19. The fourth-order valence-corrected chi connectivity index (χ4v) is 2.94. The van der Waals surface area contributed by atoms with E-state index in [1.54, 1.807) is 11.3 Å². The number of benzene rings is 1. The molecule has 2 aromatic rings. The van der Waals surface area contributed by atoms with Crippen molar-refractivity contribution in [2.45, 2.75) is 31.3 Å². The van der Waals surface area contributed by atoms with Crippen molar-refractivity contribution >= 4 is 11.3 Å². The molecule has 0 amide bonds. The van der Waals surface area contributed by atoms with Crippen molar-refractivity contribution in [1.82, 2.24) is 10.3 Å². The number of nitrogens with one attached hydrogen (secondary N) is 1. The molecule has 1 heterocycles. The zero-order chi connectivity index (χ0) is 11.7. The van der Waals surface area contributed by atoms with Gasteiger partial charge in [-0.05, 0) is 18.9 Å². The summed E-state index contributed by atoms with van der Waals surface area (Å²) in [5, 5.41) is 5.77. The normalized spacial score (nSPS) is 24.5. The van der Waals surface area contributed by atoms with Crippen LogP contribution >= 0.6 is 11.3 Å². The third-order valence-corrected chi connectivity index (χ3v) is 3.98. The zero-order valence-electron chi connectivity index (χ0n) is 9.84. The second kappa shape index (κ2) is 4.59. The monoisotopic (exact) mass is 244 g/mol. The van der Waals surface area contributed by atoms with Crippen LogP contribution in [-0.2, 0) is 0 Å². The largest absolute Gasteiger partial charge is 0.305 e. The molecule has 1 aromatic carbocycles. The highest BCUT2D eigenvalue weighted by molar-refractivity contribution is 7.07. The molecule has 1 fully saturated rings. The third kappa shape index (κ3) is 2.40. The molecule has 2 nitrogen and oxygen atoms in total.